The highest BCUT2D eigenvalue weighted by Gasteiger charge is 2.18. The third-order valence-electron chi connectivity index (χ3n) is 9.33. The fourth-order valence-electron chi connectivity index (χ4n) is 7.19. The van der Waals surface area contributed by atoms with Gasteiger partial charge in [0.2, 0.25) is 0 Å². The molecule has 216 valence electrons. The molecule has 0 radical (unpaired) electrons. The molecule has 7 aromatic carbocycles. The minimum Gasteiger partial charge on any atom is -0.355 e. The van der Waals surface area contributed by atoms with Gasteiger partial charge in [-0.15, -0.1) is 0 Å². The average molecular weight is 578 g/mol. The van der Waals surface area contributed by atoms with Crippen molar-refractivity contribution in [3.8, 4) is 44.5 Å². The van der Waals surface area contributed by atoms with Crippen molar-refractivity contribution in [2.75, 3.05) is 5.32 Å². The van der Waals surface area contributed by atoms with Crippen LogP contribution in [0.15, 0.2) is 158 Å². The van der Waals surface area contributed by atoms with Crippen molar-refractivity contribution in [2.24, 2.45) is 0 Å². The largest absolute Gasteiger partial charge is 0.355 e. The molecular formula is C44H35N. The number of para-hydroxylation sites is 2. The lowest BCUT2D eigenvalue weighted by molar-refractivity contribution is 0.687. The van der Waals surface area contributed by atoms with E-state index in [0.717, 1.165) is 17.8 Å². The lowest BCUT2D eigenvalue weighted by Crippen LogP contribution is -2.05. The van der Waals surface area contributed by atoms with Crippen LogP contribution < -0.4 is 5.32 Å². The van der Waals surface area contributed by atoms with Gasteiger partial charge < -0.3 is 5.32 Å². The summed E-state index contributed by atoms with van der Waals surface area (Å²) >= 11 is 0. The molecule has 0 saturated carbocycles. The summed E-state index contributed by atoms with van der Waals surface area (Å²) in [4.78, 5) is 0. The van der Waals surface area contributed by atoms with Crippen molar-refractivity contribution in [1.29, 1.82) is 0 Å². The van der Waals surface area contributed by atoms with Gasteiger partial charge in [-0.05, 0) is 93.1 Å². The molecule has 1 heteroatoms. The second kappa shape index (κ2) is 11.9. The van der Waals surface area contributed by atoms with Gasteiger partial charge in [0.1, 0.15) is 0 Å². The Labute approximate surface area is 265 Å². The number of fused-ring (bicyclic) bond motifs is 2. The summed E-state index contributed by atoms with van der Waals surface area (Å²) in [7, 11) is 0. The number of aryl methyl sites for hydroxylation is 1. The maximum absolute atomic E-state index is 3.89. The standard InChI is InChI=1S/C44H35N/c1-2-15-31(16-3-1)33-20-6-7-21-35(33)39-29-30-40(38-23-9-8-22-37(38)39)42-25-11-13-28-44(42)45-43-27-12-10-24-41(43)36-26-14-18-32-17-4-5-19-34(32)36/h1-3,6-16,18,20-30,45H,4-5,17,19H2. The maximum Gasteiger partial charge on any atom is 0.0464 e. The minimum atomic E-state index is 1.11. The minimum absolute atomic E-state index is 1.11. The Morgan fingerprint density at radius 1 is 0.333 bits per heavy atom. The third-order valence-corrected chi connectivity index (χ3v) is 9.33. The molecule has 1 nitrogen and oxygen atoms in total. The zero-order valence-corrected chi connectivity index (χ0v) is 25.3. The summed E-state index contributed by atoms with van der Waals surface area (Å²) < 4.78 is 0. The summed E-state index contributed by atoms with van der Waals surface area (Å²) in [6, 6.07) is 57.3. The van der Waals surface area contributed by atoms with Crippen LogP contribution in [0.1, 0.15) is 24.0 Å². The lowest BCUT2D eigenvalue weighted by atomic mass is 9.85. The van der Waals surface area contributed by atoms with E-state index in [4.69, 9.17) is 0 Å². The summed E-state index contributed by atoms with van der Waals surface area (Å²) in [5.41, 5.74) is 15.3. The Hall–Kier alpha value is -5.40. The van der Waals surface area contributed by atoms with Crippen LogP contribution in [0.25, 0.3) is 55.3 Å². The molecule has 0 unspecified atom stereocenters. The molecule has 0 fully saturated rings. The Morgan fingerprint density at radius 2 is 0.844 bits per heavy atom. The van der Waals surface area contributed by atoms with Crippen LogP contribution in [-0.2, 0) is 12.8 Å². The van der Waals surface area contributed by atoms with Gasteiger partial charge in [-0.25, -0.2) is 0 Å². The molecule has 8 rings (SSSR count). The van der Waals surface area contributed by atoms with E-state index in [1.807, 2.05) is 0 Å². The number of hydrogen-bond donors (Lipinski definition) is 1. The van der Waals surface area contributed by atoms with E-state index in [9.17, 15) is 0 Å². The highest BCUT2D eigenvalue weighted by Crippen LogP contribution is 2.43. The Balaban J connectivity index is 1.24. The van der Waals surface area contributed by atoms with Gasteiger partial charge in [0.15, 0.2) is 0 Å². The Bertz CT molecular complexity index is 2140. The number of nitrogens with one attached hydrogen (secondary N) is 1. The maximum atomic E-state index is 3.89. The zero-order chi connectivity index (χ0) is 30.0. The molecule has 7 aromatic rings. The van der Waals surface area contributed by atoms with E-state index >= 15 is 0 Å². The van der Waals surface area contributed by atoms with E-state index in [1.54, 1.807) is 0 Å². The van der Waals surface area contributed by atoms with Crippen molar-refractivity contribution >= 4 is 22.1 Å². The number of anilines is 2. The second-order valence-corrected chi connectivity index (χ2v) is 12.0. The van der Waals surface area contributed by atoms with Gasteiger partial charge in [0.05, 0.1) is 0 Å². The van der Waals surface area contributed by atoms with Gasteiger partial charge in [-0.1, -0.05) is 146 Å². The predicted octanol–water partition coefficient (Wildman–Crippen LogP) is 12.1. The molecule has 1 aliphatic carbocycles. The highest BCUT2D eigenvalue weighted by atomic mass is 14.9. The molecular weight excluding hydrogens is 542 g/mol. The first-order chi connectivity index (χ1) is 22.3. The zero-order valence-electron chi connectivity index (χ0n) is 25.3. The Kier molecular flexibility index (Phi) is 7.21. The van der Waals surface area contributed by atoms with Crippen molar-refractivity contribution in [2.45, 2.75) is 25.7 Å². The molecule has 0 aromatic heterocycles. The fourth-order valence-corrected chi connectivity index (χ4v) is 7.19. The SMILES string of the molecule is c1ccc(-c2ccccc2-c2ccc(-c3ccccc3Nc3ccccc3-c3cccc4c3CCCC4)c3ccccc23)cc1. The predicted molar refractivity (Wildman–Crippen MR) is 192 cm³/mol. The van der Waals surface area contributed by atoms with Crippen LogP contribution in [0.4, 0.5) is 11.4 Å². The van der Waals surface area contributed by atoms with Crippen LogP contribution in [0.3, 0.4) is 0 Å². The van der Waals surface area contributed by atoms with Crippen molar-refractivity contribution in [1.82, 2.24) is 0 Å². The van der Waals surface area contributed by atoms with Crippen molar-refractivity contribution in [3.63, 3.8) is 0 Å². The molecule has 0 saturated heterocycles. The van der Waals surface area contributed by atoms with E-state index in [-0.39, 0.29) is 0 Å². The molecule has 0 atom stereocenters. The first-order valence-corrected chi connectivity index (χ1v) is 16.1. The number of benzene rings is 7. The first kappa shape index (κ1) is 27.2. The van der Waals surface area contributed by atoms with Crippen LogP contribution in [0, 0.1) is 0 Å². The monoisotopic (exact) mass is 577 g/mol. The van der Waals surface area contributed by atoms with Gasteiger partial charge in [0.25, 0.3) is 0 Å². The summed E-state index contributed by atoms with van der Waals surface area (Å²) in [6.07, 6.45) is 4.89. The Morgan fingerprint density at radius 3 is 1.56 bits per heavy atom. The molecule has 1 aliphatic rings. The quantitative estimate of drug-likeness (QED) is 0.207. The normalized spacial score (nSPS) is 12.5. The van der Waals surface area contributed by atoms with Gasteiger partial charge in [0, 0.05) is 22.5 Å². The molecule has 0 bridgehead atoms. The molecule has 0 aliphatic heterocycles. The van der Waals surface area contributed by atoms with Gasteiger partial charge in [-0.2, -0.15) is 0 Å². The third kappa shape index (κ3) is 5.11. The number of rotatable bonds is 6. The van der Waals surface area contributed by atoms with Crippen molar-refractivity contribution in [3.05, 3.63) is 169 Å². The smallest absolute Gasteiger partial charge is 0.0464 e. The first-order valence-electron chi connectivity index (χ1n) is 16.1. The topological polar surface area (TPSA) is 12.0 Å². The van der Waals surface area contributed by atoms with Crippen molar-refractivity contribution < 1.29 is 0 Å². The molecule has 0 amide bonds. The van der Waals surface area contributed by atoms with Crippen LogP contribution >= 0.6 is 0 Å². The van der Waals surface area contributed by atoms with Gasteiger partial charge >= 0.3 is 0 Å². The molecule has 1 N–H and O–H groups in total. The second-order valence-electron chi connectivity index (χ2n) is 12.0. The molecule has 45 heavy (non-hydrogen) atoms. The molecule has 0 heterocycles. The van der Waals surface area contributed by atoms with E-state index < -0.39 is 0 Å². The van der Waals surface area contributed by atoms with Gasteiger partial charge in [-0.3, -0.25) is 0 Å². The highest BCUT2D eigenvalue weighted by molar-refractivity contribution is 6.08. The van der Waals surface area contributed by atoms with Crippen LogP contribution in [-0.4, -0.2) is 0 Å². The van der Waals surface area contributed by atoms with E-state index in [1.165, 1.54) is 85.7 Å². The number of hydrogen-bond acceptors (Lipinski definition) is 1. The van der Waals surface area contributed by atoms with E-state index in [0.29, 0.717) is 0 Å². The summed E-state index contributed by atoms with van der Waals surface area (Å²) in [5.74, 6) is 0. The van der Waals surface area contributed by atoms with E-state index in [2.05, 4.69) is 163 Å². The fraction of sp³-hybridized carbons (Fsp3) is 0.0909. The lowest BCUT2D eigenvalue weighted by Gasteiger charge is -2.22. The molecule has 0 spiro atoms. The van der Waals surface area contributed by atoms with Crippen LogP contribution in [0.5, 0.6) is 0 Å². The summed E-state index contributed by atoms with van der Waals surface area (Å²) in [5, 5.41) is 6.39. The van der Waals surface area contributed by atoms with Crippen LogP contribution in [0.2, 0.25) is 0 Å². The average Bonchev–Trinajstić information content (AvgIpc) is 3.12. The summed E-state index contributed by atoms with van der Waals surface area (Å²) in [6.45, 7) is 0.